The standard InChI is InChI=1S/C29H27N3O3S/c1-20-14-16-24(17-15-20)36(33,34)32-31-28-18-23(35-29-13-6-5-11-27(28)29)19-30-21(2)25-12-7-9-22-8-3-4-10-26(22)25/h3-17,23,32H,18-19H2,1-2H3/b30-21+,31-28+/t23-/m1/s1. The van der Waals surface area contributed by atoms with Crippen molar-refractivity contribution in [1.82, 2.24) is 4.83 Å². The Kier molecular flexibility index (Phi) is 6.57. The first-order chi connectivity index (χ1) is 17.4. The average Bonchev–Trinajstić information content (AvgIpc) is 2.90. The number of aryl methyl sites for hydroxylation is 1. The Morgan fingerprint density at radius 3 is 2.50 bits per heavy atom. The van der Waals surface area contributed by atoms with Crippen molar-refractivity contribution >= 4 is 32.2 Å². The molecule has 0 amide bonds. The highest BCUT2D eigenvalue weighted by Crippen LogP contribution is 2.28. The van der Waals surface area contributed by atoms with E-state index in [0.717, 1.165) is 27.8 Å². The topological polar surface area (TPSA) is 80.1 Å². The molecule has 0 radical (unpaired) electrons. The number of para-hydroxylation sites is 1. The summed E-state index contributed by atoms with van der Waals surface area (Å²) in [6.45, 7) is 4.34. The van der Waals surface area contributed by atoms with Crippen molar-refractivity contribution in [3.05, 3.63) is 108 Å². The molecule has 5 rings (SSSR count). The van der Waals surface area contributed by atoms with E-state index in [0.29, 0.717) is 24.4 Å². The van der Waals surface area contributed by atoms with E-state index in [4.69, 9.17) is 9.73 Å². The molecule has 182 valence electrons. The molecule has 0 aliphatic carbocycles. The molecule has 4 aromatic carbocycles. The fourth-order valence-corrected chi connectivity index (χ4v) is 5.14. The molecule has 1 aliphatic rings. The van der Waals surface area contributed by atoms with Gasteiger partial charge in [-0.25, -0.2) is 0 Å². The van der Waals surface area contributed by atoms with Crippen molar-refractivity contribution in [2.75, 3.05) is 6.54 Å². The van der Waals surface area contributed by atoms with Crippen LogP contribution in [0.2, 0.25) is 0 Å². The second kappa shape index (κ2) is 9.95. The van der Waals surface area contributed by atoms with Crippen LogP contribution >= 0.6 is 0 Å². The molecule has 7 heteroatoms. The van der Waals surface area contributed by atoms with Crippen LogP contribution in [-0.4, -0.2) is 32.5 Å². The van der Waals surface area contributed by atoms with Crippen LogP contribution in [0.4, 0.5) is 0 Å². The molecule has 6 nitrogen and oxygen atoms in total. The van der Waals surface area contributed by atoms with Gasteiger partial charge >= 0.3 is 0 Å². The molecule has 0 spiro atoms. The monoisotopic (exact) mass is 497 g/mol. The number of hydrazone groups is 1. The van der Waals surface area contributed by atoms with Crippen LogP contribution in [0, 0.1) is 6.92 Å². The molecule has 1 atom stereocenters. The molecule has 1 aliphatic heterocycles. The van der Waals surface area contributed by atoms with Crippen LogP contribution < -0.4 is 9.57 Å². The van der Waals surface area contributed by atoms with E-state index in [9.17, 15) is 8.42 Å². The van der Waals surface area contributed by atoms with Gasteiger partial charge in [0.15, 0.2) is 0 Å². The largest absolute Gasteiger partial charge is 0.487 e. The number of rotatable bonds is 6. The molecule has 4 aromatic rings. The summed E-state index contributed by atoms with van der Waals surface area (Å²) in [4.78, 5) is 7.41. The third-order valence-electron chi connectivity index (χ3n) is 6.26. The van der Waals surface area contributed by atoms with Crippen molar-refractivity contribution in [3.8, 4) is 5.75 Å². The number of sulfonamides is 1. The lowest BCUT2D eigenvalue weighted by molar-refractivity contribution is 0.210. The van der Waals surface area contributed by atoms with E-state index >= 15 is 0 Å². The molecule has 0 saturated heterocycles. The van der Waals surface area contributed by atoms with Crippen molar-refractivity contribution in [2.24, 2.45) is 10.1 Å². The number of benzene rings is 4. The fourth-order valence-electron chi connectivity index (χ4n) is 4.31. The molecule has 36 heavy (non-hydrogen) atoms. The van der Waals surface area contributed by atoms with Crippen LogP contribution in [0.1, 0.15) is 30.0 Å². The number of aliphatic imine (C=N–C) groups is 1. The van der Waals surface area contributed by atoms with Crippen LogP contribution in [0.5, 0.6) is 5.75 Å². The minimum Gasteiger partial charge on any atom is -0.487 e. The molecule has 1 N–H and O–H groups in total. The third kappa shape index (κ3) is 5.02. The fraction of sp³-hybridized carbons (Fsp3) is 0.172. The minimum absolute atomic E-state index is 0.171. The molecular formula is C29H27N3O3S. The van der Waals surface area contributed by atoms with Gasteiger partial charge in [-0.15, -0.1) is 0 Å². The van der Waals surface area contributed by atoms with Gasteiger partial charge in [0, 0.05) is 23.3 Å². The van der Waals surface area contributed by atoms with Gasteiger partial charge < -0.3 is 4.74 Å². The summed E-state index contributed by atoms with van der Waals surface area (Å²) >= 11 is 0. The second-order valence-corrected chi connectivity index (χ2v) is 10.5. The summed E-state index contributed by atoms with van der Waals surface area (Å²) in [7, 11) is -3.78. The van der Waals surface area contributed by atoms with Crippen molar-refractivity contribution in [2.45, 2.75) is 31.3 Å². The maximum atomic E-state index is 12.8. The van der Waals surface area contributed by atoms with E-state index < -0.39 is 10.0 Å². The lowest BCUT2D eigenvalue weighted by Gasteiger charge is -2.26. The minimum atomic E-state index is -3.78. The first-order valence-electron chi connectivity index (χ1n) is 11.8. The molecule has 0 aromatic heterocycles. The van der Waals surface area contributed by atoms with Gasteiger partial charge in [-0.3, -0.25) is 4.99 Å². The smallest absolute Gasteiger partial charge is 0.276 e. The molecular weight excluding hydrogens is 470 g/mol. The highest BCUT2D eigenvalue weighted by molar-refractivity contribution is 7.89. The first-order valence-corrected chi connectivity index (χ1v) is 13.3. The van der Waals surface area contributed by atoms with Crippen molar-refractivity contribution in [3.63, 3.8) is 0 Å². The van der Waals surface area contributed by atoms with Gasteiger partial charge in [-0.2, -0.15) is 18.4 Å². The Morgan fingerprint density at radius 1 is 0.944 bits per heavy atom. The quantitative estimate of drug-likeness (QED) is 0.283. The first kappa shape index (κ1) is 23.8. The summed E-state index contributed by atoms with van der Waals surface area (Å²) in [6, 6.07) is 28.6. The Balaban J connectivity index is 1.39. The van der Waals surface area contributed by atoms with Gasteiger partial charge in [0.05, 0.1) is 17.2 Å². The highest BCUT2D eigenvalue weighted by Gasteiger charge is 2.25. The van der Waals surface area contributed by atoms with E-state index in [1.54, 1.807) is 24.3 Å². The Bertz CT molecular complexity index is 1570. The summed E-state index contributed by atoms with van der Waals surface area (Å²) < 4.78 is 31.8. The van der Waals surface area contributed by atoms with Gasteiger partial charge in [0.2, 0.25) is 0 Å². The molecule has 1 heterocycles. The highest BCUT2D eigenvalue weighted by atomic mass is 32.2. The number of nitrogens with one attached hydrogen (secondary N) is 1. The van der Waals surface area contributed by atoms with E-state index in [1.165, 1.54) is 5.39 Å². The third-order valence-corrected chi connectivity index (χ3v) is 7.48. The van der Waals surface area contributed by atoms with E-state index in [-0.39, 0.29) is 11.0 Å². The van der Waals surface area contributed by atoms with E-state index in [1.807, 2.05) is 56.3 Å². The number of ether oxygens (including phenoxy) is 1. The van der Waals surface area contributed by atoms with Crippen LogP contribution in [-0.2, 0) is 10.0 Å². The van der Waals surface area contributed by atoms with Gasteiger partial charge in [0.1, 0.15) is 11.9 Å². The average molecular weight is 498 g/mol. The molecule has 0 saturated carbocycles. The normalized spacial score (nSPS) is 17.0. The zero-order valence-electron chi connectivity index (χ0n) is 20.2. The maximum absolute atomic E-state index is 12.8. The predicted octanol–water partition coefficient (Wildman–Crippen LogP) is 5.49. The van der Waals surface area contributed by atoms with Crippen LogP contribution in [0.25, 0.3) is 10.8 Å². The van der Waals surface area contributed by atoms with Crippen molar-refractivity contribution < 1.29 is 13.2 Å². The predicted molar refractivity (Wildman–Crippen MR) is 145 cm³/mol. The van der Waals surface area contributed by atoms with Crippen molar-refractivity contribution in [1.29, 1.82) is 0 Å². The zero-order chi connectivity index (χ0) is 25.1. The Morgan fingerprint density at radius 2 is 1.67 bits per heavy atom. The number of fused-ring (bicyclic) bond motifs is 2. The van der Waals surface area contributed by atoms with Gasteiger partial charge in [-0.05, 0) is 48.9 Å². The summed E-state index contributed by atoms with van der Waals surface area (Å²) in [5.74, 6) is 0.667. The molecule has 0 bridgehead atoms. The Hall–Kier alpha value is -3.97. The van der Waals surface area contributed by atoms with Crippen LogP contribution in [0.15, 0.2) is 106 Å². The lowest BCUT2D eigenvalue weighted by Crippen LogP contribution is -2.32. The number of nitrogens with zero attached hydrogens (tertiary/aromatic N) is 2. The summed E-state index contributed by atoms with van der Waals surface area (Å²) in [6.07, 6.45) is 0.159. The van der Waals surface area contributed by atoms with Crippen LogP contribution in [0.3, 0.4) is 0 Å². The number of hydrogen-bond donors (Lipinski definition) is 1. The summed E-state index contributed by atoms with van der Waals surface area (Å²) in [5, 5.41) is 6.65. The number of hydrogen-bond acceptors (Lipinski definition) is 5. The Labute approximate surface area is 211 Å². The van der Waals surface area contributed by atoms with Gasteiger partial charge in [-0.1, -0.05) is 72.3 Å². The lowest BCUT2D eigenvalue weighted by atomic mass is 9.99. The zero-order valence-corrected chi connectivity index (χ0v) is 21.0. The maximum Gasteiger partial charge on any atom is 0.276 e. The van der Waals surface area contributed by atoms with Gasteiger partial charge in [0.25, 0.3) is 10.0 Å². The second-order valence-electron chi connectivity index (χ2n) is 8.86. The van der Waals surface area contributed by atoms with E-state index in [2.05, 4.69) is 34.2 Å². The molecule has 0 unspecified atom stereocenters. The summed E-state index contributed by atoms with van der Waals surface area (Å²) in [5.41, 5.74) is 4.39. The SMILES string of the molecule is C/C(=N\C[C@H]1C/C(=N\NS(=O)(=O)c2ccc(C)cc2)c2ccccc2O1)c1cccc2ccccc12. The molecule has 0 fully saturated rings.